The summed E-state index contributed by atoms with van der Waals surface area (Å²) >= 11 is 1.63. The lowest BCUT2D eigenvalue weighted by Gasteiger charge is -2.23. The molecule has 0 unspecified atom stereocenters. The number of carbonyl (C=O) groups excluding carboxylic acids is 2. The minimum absolute atomic E-state index is 0.00878. The number of amides is 2. The van der Waals surface area contributed by atoms with Crippen LogP contribution in [0.15, 0.2) is 17.5 Å². The first-order valence-corrected chi connectivity index (χ1v) is 7.07. The summed E-state index contributed by atoms with van der Waals surface area (Å²) < 4.78 is 0. The number of nitrogens with one attached hydrogen (secondary N) is 1. The third kappa shape index (κ3) is 5.40. The molecule has 6 heteroatoms. The van der Waals surface area contributed by atoms with Crippen molar-refractivity contribution in [3.8, 4) is 0 Å². The van der Waals surface area contributed by atoms with E-state index in [0.29, 0.717) is 5.92 Å². The van der Waals surface area contributed by atoms with Crippen LogP contribution in [0, 0.1) is 5.92 Å². The highest BCUT2D eigenvalue weighted by Gasteiger charge is 2.20. The smallest absolute Gasteiger partial charge is 0.234 e. The van der Waals surface area contributed by atoms with E-state index in [2.05, 4.69) is 19.2 Å². The van der Waals surface area contributed by atoms with Gasteiger partial charge in [0.05, 0.1) is 19.1 Å². The van der Waals surface area contributed by atoms with Crippen LogP contribution in [-0.2, 0) is 9.59 Å². The highest BCUT2D eigenvalue weighted by Crippen LogP contribution is 2.25. The maximum absolute atomic E-state index is 11.9. The summed E-state index contributed by atoms with van der Waals surface area (Å²) in [6.45, 7) is 4.38. The number of hydrogen-bond acceptors (Lipinski definition) is 4. The van der Waals surface area contributed by atoms with Gasteiger partial charge in [0.1, 0.15) is 0 Å². The van der Waals surface area contributed by atoms with Gasteiger partial charge < -0.3 is 11.1 Å². The zero-order chi connectivity index (χ0) is 14.4. The molecule has 1 heterocycles. The Morgan fingerprint density at radius 3 is 2.58 bits per heavy atom. The van der Waals surface area contributed by atoms with Crippen molar-refractivity contribution in [3.05, 3.63) is 22.4 Å². The second-order valence-electron chi connectivity index (χ2n) is 4.94. The molecule has 0 aromatic carbocycles. The van der Waals surface area contributed by atoms with Gasteiger partial charge in [0.2, 0.25) is 11.8 Å². The predicted octanol–water partition coefficient (Wildman–Crippen LogP) is 0.979. The fourth-order valence-electron chi connectivity index (χ4n) is 1.82. The van der Waals surface area contributed by atoms with Crippen LogP contribution >= 0.6 is 11.3 Å². The molecule has 0 aliphatic carbocycles. The maximum atomic E-state index is 11.9. The zero-order valence-electron chi connectivity index (χ0n) is 11.6. The number of rotatable bonds is 7. The Hall–Kier alpha value is -1.40. The number of nitrogens with two attached hydrogens (primary N) is 1. The fourth-order valence-corrected chi connectivity index (χ4v) is 2.77. The van der Waals surface area contributed by atoms with Gasteiger partial charge in [-0.2, -0.15) is 0 Å². The molecule has 1 aromatic heterocycles. The second-order valence-corrected chi connectivity index (χ2v) is 5.92. The number of carbonyl (C=O) groups is 2. The van der Waals surface area contributed by atoms with E-state index in [1.165, 1.54) is 0 Å². The van der Waals surface area contributed by atoms with Gasteiger partial charge in [0.15, 0.2) is 0 Å². The third-order valence-corrected chi connectivity index (χ3v) is 3.63. The van der Waals surface area contributed by atoms with Crippen molar-refractivity contribution in [1.29, 1.82) is 0 Å². The van der Waals surface area contributed by atoms with Crippen molar-refractivity contribution >= 4 is 23.2 Å². The minimum Gasteiger partial charge on any atom is -0.369 e. The van der Waals surface area contributed by atoms with E-state index < -0.39 is 5.91 Å². The van der Waals surface area contributed by atoms with Crippen LogP contribution in [0.1, 0.15) is 24.8 Å². The maximum Gasteiger partial charge on any atom is 0.234 e. The summed E-state index contributed by atoms with van der Waals surface area (Å²) in [5.41, 5.74) is 5.09. The Balaban J connectivity index is 2.55. The quantitative estimate of drug-likeness (QED) is 0.783. The molecular formula is C13H21N3O2S. The summed E-state index contributed by atoms with van der Waals surface area (Å²) in [6.07, 6.45) is 0. The van der Waals surface area contributed by atoms with Crippen molar-refractivity contribution in [2.75, 3.05) is 20.1 Å². The summed E-state index contributed by atoms with van der Waals surface area (Å²) in [6, 6.07) is 4.00. The normalized spacial score (nSPS) is 12.7. The molecule has 0 fully saturated rings. The van der Waals surface area contributed by atoms with E-state index in [1.54, 1.807) is 23.3 Å². The summed E-state index contributed by atoms with van der Waals surface area (Å²) in [5, 5.41) is 5.00. The first-order chi connectivity index (χ1) is 8.90. The first-order valence-electron chi connectivity index (χ1n) is 6.19. The number of nitrogens with zero attached hydrogens (tertiary/aromatic N) is 1. The molecule has 5 nitrogen and oxygen atoms in total. The summed E-state index contributed by atoms with van der Waals surface area (Å²) in [5.74, 6) is -0.228. The van der Waals surface area contributed by atoms with E-state index in [0.717, 1.165) is 4.88 Å². The van der Waals surface area contributed by atoms with Crippen molar-refractivity contribution < 1.29 is 9.59 Å². The van der Waals surface area contributed by atoms with E-state index in [1.807, 2.05) is 17.5 Å². The molecule has 0 spiro atoms. The van der Waals surface area contributed by atoms with Crippen LogP contribution in [0.3, 0.4) is 0 Å². The third-order valence-electron chi connectivity index (χ3n) is 2.67. The van der Waals surface area contributed by atoms with Crippen molar-refractivity contribution in [3.63, 3.8) is 0 Å². The first kappa shape index (κ1) is 15.7. The Labute approximate surface area is 117 Å². The zero-order valence-corrected chi connectivity index (χ0v) is 12.4. The molecule has 3 N–H and O–H groups in total. The van der Waals surface area contributed by atoms with Gasteiger partial charge in [-0.3, -0.25) is 14.5 Å². The minimum atomic E-state index is -0.436. The number of hydrogen-bond donors (Lipinski definition) is 2. The fraction of sp³-hybridized carbons (Fsp3) is 0.538. The molecule has 1 atom stereocenters. The van der Waals surface area contributed by atoms with Crippen LogP contribution < -0.4 is 11.1 Å². The standard InChI is InChI=1S/C13H21N3O2S/c1-9(2)13(10-5-4-6-19-10)15-12(18)8-16(3)7-11(14)17/h4-6,9,13H,7-8H2,1-3H3,(H2,14,17)(H,15,18)/t13-/m1/s1. The Morgan fingerprint density at radius 2 is 2.11 bits per heavy atom. The number of thiophene rings is 1. The van der Waals surface area contributed by atoms with Crippen molar-refractivity contribution in [2.24, 2.45) is 11.7 Å². The van der Waals surface area contributed by atoms with Crippen molar-refractivity contribution in [2.45, 2.75) is 19.9 Å². The van der Waals surface area contributed by atoms with Gasteiger partial charge in [0.25, 0.3) is 0 Å². The summed E-state index contributed by atoms with van der Waals surface area (Å²) in [7, 11) is 1.69. The predicted molar refractivity (Wildman–Crippen MR) is 76.7 cm³/mol. The van der Waals surface area contributed by atoms with E-state index in [4.69, 9.17) is 5.73 Å². The van der Waals surface area contributed by atoms with Gasteiger partial charge in [0, 0.05) is 4.88 Å². The topological polar surface area (TPSA) is 75.4 Å². The molecule has 106 valence electrons. The molecule has 1 rings (SSSR count). The molecule has 1 aromatic rings. The molecular weight excluding hydrogens is 262 g/mol. The SMILES string of the molecule is CC(C)[C@@H](NC(=O)CN(C)CC(N)=O)c1cccs1. The van der Waals surface area contributed by atoms with E-state index in [-0.39, 0.29) is 25.0 Å². The Morgan fingerprint density at radius 1 is 1.42 bits per heavy atom. The molecule has 0 aliphatic rings. The van der Waals surface area contributed by atoms with E-state index in [9.17, 15) is 9.59 Å². The number of likely N-dealkylation sites (N-methyl/N-ethyl adjacent to an activating group) is 1. The largest absolute Gasteiger partial charge is 0.369 e. The summed E-state index contributed by atoms with van der Waals surface area (Å²) in [4.78, 5) is 25.4. The molecule has 0 radical (unpaired) electrons. The van der Waals surface area contributed by atoms with E-state index >= 15 is 0 Å². The highest BCUT2D eigenvalue weighted by atomic mass is 32.1. The van der Waals surface area contributed by atoms with Crippen LogP contribution in [0.5, 0.6) is 0 Å². The molecule has 0 saturated carbocycles. The average Bonchev–Trinajstić information content (AvgIpc) is 2.76. The van der Waals surface area contributed by atoms with Gasteiger partial charge in [-0.15, -0.1) is 11.3 Å². The monoisotopic (exact) mass is 283 g/mol. The second kappa shape index (κ2) is 7.25. The lowest BCUT2D eigenvalue weighted by Crippen LogP contribution is -2.41. The average molecular weight is 283 g/mol. The molecule has 19 heavy (non-hydrogen) atoms. The van der Waals surface area contributed by atoms with Crippen LogP contribution in [-0.4, -0.2) is 36.9 Å². The number of primary amides is 1. The Kier molecular flexibility index (Phi) is 5.98. The van der Waals surface area contributed by atoms with Crippen molar-refractivity contribution in [1.82, 2.24) is 10.2 Å². The molecule has 2 amide bonds. The lowest BCUT2D eigenvalue weighted by atomic mass is 10.0. The lowest BCUT2D eigenvalue weighted by molar-refractivity contribution is -0.124. The van der Waals surface area contributed by atoms with Gasteiger partial charge in [-0.25, -0.2) is 0 Å². The van der Waals surface area contributed by atoms with Gasteiger partial charge >= 0.3 is 0 Å². The highest BCUT2D eigenvalue weighted by molar-refractivity contribution is 7.10. The van der Waals surface area contributed by atoms with Crippen LogP contribution in [0.2, 0.25) is 0 Å². The molecule has 0 saturated heterocycles. The Bertz CT molecular complexity index is 418. The molecule has 0 aliphatic heterocycles. The molecule has 0 bridgehead atoms. The van der Waals surface area contributed by atoms with Gasteiger partial charge in [-0.1, -0.05) is 19.9 Å². The van der Waals surface area contributed by atoms with Crippen LogP contribution in [0.4, 0.5) is 0 Å². The van der Waals surface area contributed by atoms with Crippen LogP contribution in [0.25, 0.3) is 0 Å². The van der Waals surface area contributed by atoms with Gasteiger partial charge in [-0.05, 0) is 24.4 Å².